The lowest BCUT2D eigenvalue weighted by Gasteiger charge is -2.33. The third kappa shape index (κ3) is 3.19. The molecule has 1 amide bonds. The van der Waals surface area contributed by atoms with Crippen molar-refractivity contribution >= 4 is 23.5 Å². The molecule has 0 aliphatic carbocycles. The smallest absolute Gasteiger partial charge is 0.326 e. The average molecular weight is 351 g/mol. The third-order valence-corrected chi connectivity index (χ3v) is 5.14. The van der Waals surface area contributed by atoms with Gasteiger partial charge in [0.15, 0.2) is 0 Å². The van der Waals surface area contributed by atoms with E-state index in [0.717, 1.165) is 5.56 Å². The number of methoxy groups -OCH3 is 1. The number of likely N-dealkylation sites (tertiary alicyclic amines) is 1. The van der Waals surface area contributed by atoms with E-state index in [1.807, 2.05) is 30.1 Å². The summed E-state index contributed by atoms with van der Waals surface area (Å²) in [6.07, 6.45) is 1.98. The van der Waals surface area contributed by atoms with E-state index in [4.69, 9.17) is 16.3 Å². The number of amides is 1. The van der Waals surface area contributed by atoms with Crippen molar-refractivity contribution in [3.05, 3.63) is 47.5 Å². The van der Waals surface area contributed by atoms with Crippen LogP contribution in [0.25, 0.3) is 0 Å². The van der Waals surface area contributed by atoms with Gasteiger partial charge < -0.3 is 10.1 Å². The molecule has 1 saturated heterocycles. The fraction of sp³-hybridized carbons (Fsp3) is 0.444. The quantitative estimate of drug-likeness (QED) is 0.655. The summed E-state index contributed by atoms with van der Waals surface area (Å²) >= 11 is 6.36. The van der Waals surface area contributed by atoms with Crippen molar-refractivity contribution in [1.82, 2.24) is 10.2 Å². The second-order valence-electron chi connectivity index (χ2n) is 6.19. The van der Waals surface area contributed by atoms with Gasteiger partial charge in [-0.25, -0.2) is 0 Å². The maximum absolute atomic E-state index is 12.7. The molecular weight excluding hydrogens is 328 g/mol. The van der Waals surface area contributed by atoms with Crippen LogP contribution in [0.15, 0.2) is 36.9 Å². The number of carbonyl (C=O) groups excluding carboxylic acids is 2. The van der Waals surface area contributed by atoms with Crippen LogP contribution in [0.3, 0.4) is 0 Å². The monoisotopic (exact) mass is 350 g/mol. The Bertz CT molecular complexity index is 649. The van der Waals surface area contributed by atoms with E-state index in [1.54, 1.807) is 19.1 Å². The van der Waals surface area contributed by atoms with Crippen LogP contribution in [-0.2, 0) is 14.3 Å². The minimum absolute atomic E-state index is 0.126. The van der Waals surface area contributed by atoms with E-state index >= 15 is 0 Å². The molecule has 1 aromatic rings. The molecule has 0 aromatic heterocycles. The molecule has 2 rings (SSSR count). The van der Waals surface area contributed by atoms with Crippen molar-refractivity contribution in [1.29, 1.82) is 0 Å². The first-order valence-electron chi connectivity index (χ1n) is 7.81. The molecule has 1 N–H and O–H groups in total. The van der Waals surface area contributed by atoms with E-state index < -0.39 is 11.5 Å². The van der Waals surface area contributed by atoms with Gasteiger partial charge in [0.2, 0.25) is 5.91 Å². The minimum Gasteiger partial charge on any atom is -0.468 e. The average Bonchev–Trinajstić information content (AvgIpc) is 2.85. The van der Waals surface area contributed by atoms with Crippen LogP contribution < -0.4 is 5.32 Å². The summed E-state index contributed by atoms with van der Waals surface area (Å²) in [5, 5.41) is 3.40. The molecule has 1 aliphatic rings. The van der Waals surface area contributed by atoms with E-state index in [0.29, 0.717) is 18.0 Å². The lowest BCUT2D eigenvalue weighted by atomic mass is 9.89. The van der Waals surface area contributed by atoms with Gasteiger partial charge in [-0.2, -0.15) is 0 Å². The molecule has 0 spiro atoms. The molecule has 0 radical (unpaired) electrons. The molecule has 0 unspecified atom stereocenters. The van der Waals surface area contributed by atoms with Gasteiger partial charge in [-0.05, 0) is 32.0 Å². The fourth-order valence-corrected chi connectivity index (χ4v) is 3.64. The Labute approximate surface area is 147 Å². The van der Waals surface area contributed by atoms with Crippen LogP contribution in [0.1, 0.15) is 24.9 Å². The van der Waals surface area contributed by atoms with Crippen LogP contribution in [0, 0.1) is 5.92 Å². The van der Waals surface area contributed by atoms with Gasteiger partial charge in [-0.15, -0.1) is 6.58 Å². The zero-order valence-electron chi connectivity index (χ0n) is 14.2. The van der Waals surface area contributed by atoms with Gasteiger partial charge in [0.25, 0.3) is 0 Å². The molecule has 1 fully saturated rings. The molecule has 5 nitrogen and oxygen atoms in total. The summed E-state index contributed by atoms with van der Waals surface area (Å²) in [4.78, 5) is 26.9. The Morgan fingerprint density at radius 1 is 1.50 bits per heavy atom. The highest BCUT2D eigenvalue weighted by Gasteiger charge is 2.55. The Balaban J connectivity index is 2.45. The number of esters is 1. The van der Waals surface area contributed by atoms with Gasteiger partial charge in [-0.3, -0.25) is 14.5 Å². The molecule has 1 heterocycles. The van der Waals surface area contributed by atoms with E-state index in [2.05, 4.69) is 11.9 Å². The second kappa shape index (κ2) is 7.36. The second-order valence-corrected chi connectivity index (χ2v) is 6.59. The molecule has 0 saturated carbocycles. The van der Waals surface area contributed by atoms with Crippen molar-refractivity contribution in [2.75, 3.05) is 20.7 Å². The number of hydrogen-bond acceptors (Lipinski definition) is 4. The number of nitrogens with zero attached hydrogens (tertiary/aromatic N) is 1. The first kappa shape index (κ1) is 18.5. The lowest BCUT2D eigenvalue weighted by molar-refractivity contribution is -0.152. The van der Waals surface area contributed by atoms with Crippen LogP contribution >= 0.6 is 11.6 Å². The molecule has 6 heteroatoms. The van der Waals surface area contributed by atoms with Crippen molar-refractivity contribution in [3.8, 4) is 0 Å². The van der Waals surface area contributed by atoms with Crippen LogP contribution in [0.2, 0.25) is 5.02 Å². The van der Waals surface area contributed by atoms with Gasteiger partial charge in [0.1, 0.15) is 5.54 Å². The van der Waals surface area contributed by atoms with Crippen molar-refractivity contribution in [2.24, 2.45) is 5.92 Å². The first-order valence-corrected chi connectivity index (χ1v) is 8.19. The number of benzene rings is 1. The van der Waals surface area contributed by atoms with Gasteiger partial charge in [-0.1, -0.05) is 35.9 Å². The van der Waals surface area contributed by atoms with E-state index in [1.165, 1.54) is 7.11 Å². The molecule has 1 aromatic carbocycles. The van der Waals surface area contributed by atoms with Crippen LogP contribution in [0.4, 0.5) is 0 Å². The maximum atomic E-state index is 12.7. The zero-order valence-corrected chi connectivity index (χ0v) is 15.0. The SMILES string of the molecule is C=CCNC(=O)[C@H]1C[C@@](C)(C(=O)OC)N(C)[C@H]1c1ccccc1Cl. The van der Waals surface area contributed by atoms with Crippen LogP contribution in [-0.4, -0.2) is 43.0 Å². The highest BCUT2D eigenvalue weighted by molar-refractivity contribution is 6.31. The molecule has 1 aliphatic heterocycles. The fourth-order valence-electron chi connectivity index (χ4n) is 3.39. The number of rotatable bonds is 5. The van der Waals surface area contributed by atoms with Crippen molar-refractivity contribution in [2.45, 2.75) is 24.9 Å². The zero-order chi connectivity index (χ0) is 17.9. The number of likely N-dealkylation sites (N-methyl/N-ethyl adjacent to an activating group) is 1. The van der Waals surface area contributed by atoms with Crippen LogP contribution in [0.5, 0.6) is 0 Å². The standard InChI is InChI=1S/C18H23ClN2O3/c1-5-10-20-16(22)13-11-18(2,17(23)24-4)21(3)15(13)12-8-6-7-9-14(12)19/h5-9,13,15H,1,10-11H2,2-4H3,(H,20,22)/t13-,15-,18-/m0/s1. The number of carbonyl (C=O) groups is 2. The summed E-state index contributed by atoms with van der Waals surface area (Å²) in [5.41, 5.74) is -0.0672. The first-order chi connectivity index (χ1) is 11.4. The van der Waals surface area contributed by atoms with Crippen molar-refractivity contribution in [3.63, 3.8) is 0 Å². The predicted octanol–water partition coefficient (Wildman–Crippen LogP) is 2.57. The third-order valence-electron chi connectivity index (χ3n) is 4.80. The molecule has 24 heavy (non-hydrogen) atoms. The number of hydrogen-bond donors (Lipinski definition) is 1. The van der Waals surface area contributed by atoms with E-state index in [-0.39, 0.29) is 17.9 Å². The highest BCUT2D eigenvalue weighted by atomic mass is 35.5. The lowest BCUT2D eigenvalue weighted by Crippen LogP contribution is -2.47. The Kier molecular flexibility index (Phi) is 5.67. The Morgan fingerprint density at radius 3 is 2.75 bits per heavy atom. The summed E-state index contributed by atoms with van der Waals surface area (Å²) in [5.74, 6) is -0.903. The normalized spacial score (nSPS) is 26.8. The molecular formula is C18H23ClN2O3. The van der Waals surface area contributed by atoms with Gasteiger partial charge in [0.05, 0.1) is 13.0 Å². The summed E-state index contributed by atoms with van der Waals surface area (Å²) in [6.45, 7) is 5.79. The van der Waals surface area contributed by atoms with E-state index in [9.17, 15) is 9.59 Å². The molecule has 0 bridgehead atoms. The number of halogens is 1. The van der Waals surface area contributed by atoms with Gasteiger partial charge >= 0.3 is 5.97 Å². The van der Waals surface area contributed by atoms with Crippen molar-refractivity contribution < 1.29 is 14.3 Å². The minimum atomic E-state index is -0.894. The topological polar surface area (TPSA) is 58.6 Å². The summed E-state index contributed by atoms with van der Waals surface area (Å²) < 4.78 is 4.97. The molecule has 3 atom stereocenters. The maximum Gasteiger partial charge on any atom is 0.326 e. The Hall–Kier alpha value is -1.85. The van der Waals surface area contributed by atoms with Gasteiger partial charge in [0, 0.05) is 17.6 Å². The largest absolute Gasteiger partial charge is 0.468 e. The summed E-state index contributed by atoms with van der Waals surface area (Å²) in [7, 11) is 3.18. The number of ether oxygens (including phenoxy) is 1. The molecule has 130 valence electrons. The highest BCUT2D eigenvalue weighted by Crippen LogP contribution is 2.47. The Morgan fingerprint density at radius 2 is 2.17 bits per heavy atom. The number of nitrogens with one attached hydrogen (secondary N) is 1. The predicted molar refractivity (Wildman–Crippen MR) is 93.7 cm³/mol. The summed E-state index contributed by atoms with van der Waals surface area (Å²) in [6, 6.07) is 7.08.